The van der Waals surface area contributed by atoms with Crippen molar-refractivity contribution in [2.75, 3.05) is 6.61 Å². The molecular weight excluding hydrogens is 570 g/mol. The molecule has 2 aliphatic rings. The molecule has 1 saturated carbocycles. The summed E-state index contributed by atoms with van der Waals surface area (Å²) in [7, 11) is 0. The number of fused-ring (bicyclic) bond motifs is 3. The Morgan fingerprint density at radius 3 is 1.39 bits per heavy atom. The molecule has 1 amide bonds. The molecule has 5 nitrogen and oxygen atoms in total. The molecule has 0 aliphatic heterocycles. The molecule has 0 bridgehead atoms. The Balaban J connectivity index is 1.45. The molecule has 2 aromatic carbocycles. The zero-order valence-corrected chi connectivity index (χ0v) is 29.2. The molecule has 2 aliphatic carbocycles. The van der Waals surface area contributed by atoms with Gasteiger partial charge < -0.3 is 14.8 Å². The van der Waals surface area contributed by atoms with E-state index in [1.165, 1.54) is 99.3 Å². The Hall–Kier alpha value is -2.82. The Bertz CT molecular complexity index is 1150. The fourth-order valence-electron chi connectivity index (χ4n) is 7.39. The van der Waals surface area contributed by atoms with E-state index in [0.29, 0.717) is 12.8 Å². The zero-order valence-electron chi connectivity index (χ0n) is 29.2. The predicted molar refractivity (Wildman–Crippen MR) is 189 cm³/mol. The largest absolute Gasteiger partial charge is 0.458 e. The molecular formula is C41H61NO4. The molecule has 1 fully saturated rings. The predicted octanol–water partition coefficient (Wildman–Crippen LogP) is 11.4. The number of carbonyl (C=O) groups excluding carboxylic acids is 2. The van der Waals surface area contributed by atoms with Crippen LogP contribution in [0, 0.1) is 0 Å². The molecule has 4 rings (SSSR count). The van der Waals surface area contributed by atoms with Crippen molar-refractivity contribution >= 4 is 12.1 Å². The lowest BCUT2D eigenvalue weighted by Gasteiger charge is -2.35. The number of hydrogen-bond donors (Lipinski definition) is 1. The molecule has 0 aromatic heterocycles. The SMILES string of the molecule is CC(C)(C)OC(=O)C1(NC(=O)OCC2c3ccccc3-c3ccccc32)CCCCCCCCCCCCCCCCCCCC1. The van der Waals surface area contributed by atoms with Crippen LogP contribution in [0.2, 0.25) is 0 Å². The normalized spacial score (nSPS) is 19.5. The lowest BCUT2D eigenvalue weighted by molar-refractivity contribution is -0.164. The van der Waals surface area contributed by atoms with Crippen LogP contribution in [0.3, 0.4) is 0 Å². The molecule has 1 N–H and O–H groups in total. The number of benzene rings is 2. The number of rotatable bonds is 4. The van der Waals surface area contributed by atoms with Gasteiger partial charge in [-0.3, -0.25) is 0 Å². The maximum atomic E-state index is 14.0. The Morgan fingerprint density at radius 2 is 1.00 bits per heavy atom. The maximum Gasteiger partial charge on any atom is 0.408 e. The first-order chi connectivity index (χ1) is 22.3. The lowest BCUT2D eigenvalue weighted by atomic mass is 9.85. The highest BCUT2D eigenvalue weighted by Crippen LogP contribution is 2.44. The van der Waals surface area contributed by atoms with Crippen molar-refractivity contribution in [3.05, 3.63) is 59.7 Å². The van der Waals surface area contributed by atoms with Crippen LogP contribution in [0.5, 0.6) is 0 Å². The van der Waals surface area contributed by atoms with Crippen molar-refractivity contribution in [1.29, 1.82) is 0 Å². The van der Waals surface area contributed by atoms with E-state index in [-0.39, 0.29) is 18.5 Å². The van der Waals surface area contributed by atoms with Crippen molar-refractivity contribution < 1.29 is 19.1 Å². The second-order valence-electron chi connectivity index (χ2n) is 14.9. The van der Waals surface area contributed by atoms with E-state index < -0.39 is 17.2 Å². The summed E-state index contributed by atoms with van der Waals surface area (Å²) in [6, 6.07) is 16.7. The Kier molecular flexibility index (Phi) is 14.5. The zero-order chi connectivity index (χ0) is 32.7. The standard InChI is InChI=1S/C41H61NO4/c1-40(2,3)46-38(43)41(30-24-18-16-14-12-10-8-6-4-5-7-9-11-13-15-17-19-25-31-41)42-39(44)45-32-37-35-28-22-20-26-33(35)34-27-21-23-29-36(34)37/h20-23,26-29,37H,4-19,24-25,30-32H2,1-3H3,(H,42,44). The molecule has 0 atom stereocenters. The summed E-state index contributed by atoms with van der Waals surface area (Å²) in [6.07, 6.45) is 22.7. The number of nitrogens with one attached hydrogen (secondary N) is 1. The van der Waals surface area contributed by atoms with Gasteiger partial charge in [0.2, 0.25) is 0 Å². The minimum atomic E-state index is -1.09. The second-order valence-corrected chi connectivity index (χ2v) is 14.9. The van der Waals surface area contributed by atoms with E-state index in [1.807, 2.05) is 32.9 Å². The average Bonchev–Trinajstić information content (AvgIpc) is 3.35. The van der Waals surface area contributed by atoms with Gasteiger partial charge in [-0.1, -0.05) is 164 Å². The molecule has 254 valence electrons. The van der Waals surface area contributed by atoms with Crippen LogP contribution in [0.15, 0.2) is 48.5 Å². The monoisotopic (exact) mass is 631 g/mol. The first-order valence-corrected chi connectivity index (χ1v) is 18.7. The van der Waals surface area contributed by atoms with E-state index in [9.17, 15) is 9.59 Å². The van der Waals surface area contributed by atoms with Crippen LogP contribution in [-0.4, -0.2) is 29.8 Å². The number of esters is 1. The van der Waals surface area contributed by atoms with Crippen molar-refractivity contribution in [1.82, 2.24) is 5.32 Å². The molecule has 0 unspecified atom stereocenters. The van der Waals surface area contributed by atoms with E-state index >= 15 is 0 Å². The summed E-state index contributed by atoms with van der Waals surface area (Å²) in [5.74, 6) is -0.356. The van der Waals surface area contributed by atoms with Gasteiger partial charge in [0.15, 0.2) is 0 Å². The van der Waals surface area contributed by atoms with E-state index in [2.05, 4.69) is 41.7 Å². The smallest absolute Gasteiger partial charge is 0.408 e. The highest BCUT2D eigenvalue weighted by Gasteiger charge is 2.43. The summed E-state index contributed by atoms with van der Waals surface area (Å²) in [6.45, 7) is 5.93. The van der Waals surface area contributed by atoms with Crippen molar-refractivity contribution in [2.45, 2.75) is 166 Å². The summed E-state index contributed by atoms with van der Waals surface area (Å²) in [5, 5.41) is 3.13. The summed E-state index contributed by atoms with van der Waals surface area (Å²) >= 11 is 0. The molecule has 0 heterocycles. The topological polar surface area (TPSA) is 64.6 Å². The summed E-state index contributed by atoms with van der Waals surface area (Å²) < 4.78 is 12.0. The van der Waals surface area contributed by atoms with Gasteiger partial charge in [-0.25, -0.2) is 9.59 Å². The van der Waals surface area contributed by atoms with Crippen LogP contribution >= 0.6 is 0 Å². The third-order valence-electron chi connectivity index (χ3n) is 9.93. The minimum absolute atomic E-state index is 0.0290. The van der Waals surface area contributed by atoms with Crippen molar-refractivity contribution in [3.8, 4) is 11.1 Å². The Morgan fingerprint density at radius 1 is 0.630 bits per heavy atom. The first-order valence-electron chi connectivity index (χ1n) is 18.7. The molecule has 2 aromatic rings. The maximum absolute atomic E-state index is 14.0. The summed E-state index contributed by atoms with van der Waals surface area (Å²) in [4.78, 5) is 27.6. The van der Waals surface area contributed by atoms with Crippen LogP contribution in [0.1, 0.15) is 166 Å². The second kappa shape index (κ2) is 18.5. The fraction of sp³-hybridized carbons (Fsp3) is 0.659. The third kappa shape index (κ3) is 11.2. The number of hydrogen-bond acceptors (Lipinski definition) is 4. The third-order valence-corrected chi connectivity index (χ3v) is 9.93. The van der Waals surface area contributed by atoms with Gasteiger partial charge in [0.05, 0.1) is 0 Å². The number of amides is 1. The molecule has 0 radical (unpaired) electrons. The van der Waals surface area contributed by atoms with Gasteiger partial charge in [0.1, 0.15) is 17.7 Å². The van der Waals surface area contributed by atoms with Gasteiger partial charge in [-0.2, -0.15) is 0 Å². The van der Waals surface area contributed by atoms with Crippen LogP contribution in [0.25, 0.3) is 11.1 Å². The van der Waals surface area contributed by atoms with Gasteiger partial charge in [0, 0.05) is 5.92 Å². The van der Waals surface area contributed by atoms with Crippen LogP contribution < -0.4 is 5.32 Å². The average molecular weight is 632 g/mol. The number of carbonyl (C=O) groups is 2. The first kappa shape index (κ1) is 36.0. The van der Waals surface area contributed by atoms with E-state index in [0.717, 1.165) is 38.5 Å². The molecule has 46 heavy (non-hydrogen) atoms. The lowest BCUT2D eigenvalue weighted by Crippen LogP contribution is -2.56. The van der Waals surface area contributed by atoms with Crippen molar-refractivity contribution in [2.24, 2.45) is 0 Å². The quantitative estimate of drug-likeness (QED) is 0.341. The summed E-state index contributed by atoms with van der Waals surface area (Å²) in [5.41, 5.74) is 3.02. The molecule has 0 spiro atoms. The Labute approximate surface area is 279 Å². The highest BCUT2D eigenvalue weighted by atomic mass is 16.6. The minimum Gasteiger partial charge on any atom is -0.458 e. The number of ether oxygens (including phenoxy) is 2. The van der Waals surface area contributed by atoms with Crippen LogP contribution in [0.4, 0.5) is 4.79 Å². The van der Waals surface area contributed by atoms with Crippen molar-refractivity contribution in [3.63, 3.8) is 0 Å². The molecule has 0 saturated heterocycles. The number of alkyl carbamates (subject to hydrolysis) is 1. The van der Waals surface area contributed by atoms with Gasteiger partial charge >= 0.3 is 12.1 Å². The fourth-order valence-corrected chi connectivity index (χ4v) is 7.39. The van der Waals surface area contributed by atoms with Crippen LogP contribution in [-0.2, 0) is 14.3 Å². The van der Waals surface area contributed by atoms with Gasteiger partial charge in [0.25, 0.3) is 0 Å². The van der Waals surface area contributed by atoms with Gasteiger partial charge in [-0.05, 0) is 55.9 Å². The van der Waals surface area contributed by atoms with E-state index in [1.54, 1.807) is 0 Å². The highest BCUT2D eigenvalue weighted by molar-refractivity contribution is 5.86. The van der Waals surface area contributed by atoms with Gasteiger partial charge in [-0.15, -0.1) is 0 Å². The van der Waals surface area contributed by atoms with E-state index in [4.69, 9.17) is 9.47 Å². The molecule has 5 heteroatoms.